The maximum absolute atomic E-state index is 13.6. The number of ketones is 1. The zero-order valence-electron chi connectivity index (χ0n) is 19.4. The van der Waals surface area contributed by atoms with Crippen molar-refractivity contribution in [1.29, 1.82) is 0 Å². The van der Waals surface area contributed by atoms with Crippen LogP contribution < -0.4 is 18.9 Å². The number of hydrogen-bond acceptors (Lipinski definition) is 7. The molecule has 7 heteroatoms. The quantitative estimate of drug-likeness (QED) is 0.488. The lowest BCUT2D eigenvalue weighted by molar-refractivity contribution is 0.0650. The summed E-state index contributed by atoms with van der Waals surface area (Å²) in [7, 11) is 0. The van der Waals surface area contributed by atoms with Crippen molar-refractivity contribution in [1.82, 2.24) is 0 Å². The molecule has 0 saturated carbocycles. The van der Waals surface area contributed by atoms with E-state index in [2.05, 4.69) is 0 Å². The van der Waals surface area contributed by atoms with Crippen molar-refractivity contribution in [3.05, 3.63) is 41.5 Å². The minimum atomic E-state index is -0.850. The van der Waals surface area contributed by atoms with Crippen LogP contribution in [0, 0.1) is 0 Å². The highest BCUT2D eigenvalue weighted by molar-refractivity contribution is 6.26. The van der Waals surface area contributed by atoms with Crippen molar-refractivity contribution >= 4 is 17.2 Å². The van der Waals surface area contributed by atoms with Gasteiger partial charge in [-0.25, -0.2) is 4.99 Å². The Balaban J connectivity index is 2.18. The minimum absolute atomic E-state index is 0.190. The van der Waals surface area contributed by atoms with Crippen LogP contribution in [0.5, 0.6) is 23.0 Å². The van der Waals surface area contributed by atoms with Crippen molar-refractivity contribution in [3.8, 4) is 23.0 Å². The average molecular weight is 442 g/mol. The number of aliphatic imine (C=N–C) groups is 1. The second-order valence-electron chi connectivity index (χ2n) is 6.91. The van der Waals surface area contributed by atoms with Gasteiger partial charge in [0.05, 0.1) is 43.4 Å². The number of carbonyl (C=O) groups is 1. The van der Waals surface area contributed by atoms with Gasteiger partial charge in [-0.3, -0.25) is 4.79 Å². The molecular formula is C25H31NO6. The highest BCUT2D eigenvalue weighted by Crippen LogP contribution is 2.40. The summed E-state index contributed by atoms with van der Waals surface area (Å²) in [5.41, 5.74) is 2.16. The number of hydrogen-bond donors (Lipinski definition) is 0. The largest absolute Gasteiger partial charge is 0.494 e. The van der Waals surface area contributed by atoms with E-state index in [9.17, 15) is 4.79 Å². The van der Waals surface area contributed by atoms with Gasteiger partial charge in [-0.05, 0) is 52.8 Å². The molecule has 32 heavy (non-hydrogen) atoms. The molecule has 0 radical (unpaired) electrons. The van der Waals surface area contributed by atoms with Crippen LogP contribution in [0.3, 0.4) is 0 Å². The molecule has 1 aliphatic heterocycles. The second kappa shape index (κ2) is 11.0. The molecule has 172 valence electrons. The molecular weight excluding hydrogens is 410 g/mol. The lowest BCUT2D eigenvalue weighted by atomic mass is 9.92. The molecule has 0 spiro atoms. The van der Waals surface area contributed by atoms with E-state index >= 15 is 0 Å². The molecule has 2 aromatic rings. The molecule has 0 bridgehead atoms. The first-order valence-electron chi connectivity index (χ1n) is 11.2. The van der Waals surface area contributed by atoms with Crippen molar-refractivity contribution in [3.63, 3.8) is 0 Å². The van der Waals surface area contributed by atoms with Crippen LogP contribution in [0.4, 0.5) is 5.69 Å². The van der Waals surface area contributed by atoms with E-state index in [1.165, 1.54) is 0 Å². The number of carbonyl (C=O) groups excluding carboxylic acids is 1. The van der Waals surface area contributed by atoms with Gasteiger partial charge in [0.1, 0.15) is 11.5 Å². The normalized spacial score (nSPS) is 15.1. The first kappa shape index (κ1) is 23.6. The van der Waals surface area contributed by atoms with E-state index < -0.39 is 6.10 Å². The summed E-state index contributed by atoms with van der Waals surface area (Å²) in [6.07, 6.45) is -0.850. The summed E-state index contributed by atoms with van der Waals surface area (Å²) < 4.78 is 28.7. The minimum Gasteiger partial charge on any atom is -0.494 e. The van der Waals surface area contributed by atoms with Crippen LogP contribution in [-0.4, -0.2) is 50.6 Å². The Morgan fingerprint density at radius 1 is 0.750 bits per heavy atom. The average Bonchev–Trinajstić information content (AvgIpc) is 2.77. The molecule has 3 rings (SSSR count). The Morgan fingerprint density at radius 2 is 1.41 bits per heavy atom. The lowest BCUT2D eigenvalue weighted by Gasteiger charge is -2.26. The SMILES string of the molecule is CCOc1cc2c(c(OCC)c1)C(=O)C(OCC)C(c1ccc(OCC)c(OCC)c1)=N2. The Kier molecular flexibility index (Phi) is 8.11. The zero-order valence-corrected chi connectivity index (χ0v) is 19.4. The fraction of sp³-hybridized carbons (Fsp3) is 0.440. The standard InChI is InChI=1S/C25H31NO6/c1-6-28-17-14-18-22(21(15-17)31-9-4)24(27)25(32-10-5)23(26-18)16-11-12-19(29-7-2)20(13-16)30-8-3/h11-15,25H,6-10H2,1-5H3. The van der Waals surface area contributed by atoms with Crippen molar-refractivity contribution in [2.45, 2.75) is 40.7 Å². The van der Waals surface area contributed by atoms with Crippen molar-refractivity contribution in [2.75, 3.05) is 33.0 Å². The van der Waals surface area contributed by atoms with Crippen LogP contribution in [0.25, 0.3) is 0 Å². The van der Waals surface area contributed by atoms with Crippen molar-refractivity contribution < 1.29 is 28.5 Å². The summed E-state index contributed by atoms with van der Waals surface area (Å²) in [6.45, 7) is 11.7. The number of Topliss-reactive ketones (excluding diaryl/α,β-unsaturated/α-hetero) is 1. The van der Waals surface area contributed by atoms with E-state index in [0.717, 1.165) is 5.56 Å². The molecule has 0 fully saturated rings. The van der Waals surface area contributed by atoms with Gasteiger partial charge < -0.3 is 23.7 Å². The fourth-order valence-corrected chi connectivity index (χ4v) is 3.62. The predicted octanol–water partition coefficient (Wildman–Crippen LogP) is 5.00. The van der Waals surface area contributed by atoms with E-state index in [4.69, 9.17) is 28.7 Å². The van der Waals surface area contributed by atoms with Gasteiger partial charge in [0.2, 0.25) is 5.78 Å². The molecule has 1 heterocycles. The van der Waals surface area contributed by atoms with E-state index in [0.29, 0.717) is 73.0 Å². The Bertz CT molecular complexity index is 985. The van der Waals surface area contributed by atoms with Crippen LogP contribution in [-0.2, 0) is 4.74 Å². The number of rotatable bonds is 11. The van der Waals surface area contributed by atoms with E-state index in [1.807, 2.05) is 52.8 Å². The third kappa shape index (κ3) is 4.88. The molecule has 0 saturated heterocycles. The molecule has 0 aromatic heterocycles. The Hall–Kier alpha value is -3.06. The number of benzene rings is 2. The summed E-state index contributed by atoms with van der Waals surface area (Å²) in [5.74, 6) is 2.10. The van der Waals surface area contributed by atoms with Crippen LogP contribution in [0.2, 0.25) is 0 Å². The Labute approximate surface area is 189 Å². The molecule has 0 N–H and O–H groups in total. The third-order valence-electron chi connectivity index (χ3n) is 4.81. The molecule has 1 unspecified atom stereocenters. The summed E-state index contributed by atoms with van der Waals surface area (Å²) in [6, 6.07) is 9.04. The summed E-state index contributed by atoms with van der Waals surface area (Å²) >= 11 is 0. The number of nitrogens with zero attached hydrogens (tertiary/aromatic N) is 1. The number of ether oxygens (including phenoxy) is 5. The monoisotopic (exact) mass is 441 g/mol. The smallest absolute Gasteiger partial charge is 0.203 e. The third-order valence-corrected chi connectivity index (χ3v) is 4.81. The molecule has 7 nitrogen and oxygen atoms in total. The number of fused-ring (bicyclic) bond motifs is 1. The van der Waals surface area contributed by atoms with Gasteiger partial charge in [-0.2, -0.15) is 0 Å². The maximum atomic E-state index is 13.6. The van der Waals surface area contributed by atoms with Gasteiger partial charge in [0, 0.05) is 24.3 Å². The first-order valence-corrected chi connectivity index (χ1v) is 11.2. The molecule has 1 aliphatic rings. The van der Waals surface area contributed by atoms with Crippen molar-refractivity contribution in [2.24, 2.45) is 4.99 Å². The first-order chi connectivity index (χ1) is 15.6. The predicted molar refractivity (Wildman–Crippen MR) is 124 cm³/mol. The van der Waals surface area contributed by atoms with Crippen LogP contribution >= 0.6 is 0 Å². The second-order valence-corrected chi connectivity index (χ2v) is 6.91. The molecule has 1 atom stereocenters. The van der Waals surface area contributed by atoms with Gasteiger partial charge in [-0.1, -0.05) is 0 Å². The van der Waals surface area contributed by atoms with Gasteiger partial charge in [0.25, 0.3) is 0 Å². The van der Waals surface area contributed by atoms with Gasteiger partial charge in [-0.15, -0.1) is 0 Å². The lowest BCUT2D eigenvalue weighted by Crippen LogP contribution is -2.36. The van der Waals surface area contributed by atoms with Crippen LogP contribution in [0.1, 0.15) is 50.5 Å². The fourth-order valence-electron chi connectivity index (χ4n) is 3.62. The van der Waals surface area contributed by atoms with E-state index in [1.54, 1.807) is 12.1 Å². The maximum Gasteiger partial charge on any atom is 0.203 e. The van der Waals surface area contributed by atoms with Gasteiger partial charge in [0.15, 0.2) is 17.6 Å². The summed E-state index contributed by atoms with van der Waals surface area (Å²) in [5, 5.41) is 0. The molecule has 0 aliphatic carbocycles. The molecule has 2 aromatic carbocycles. The Morgan fingerprint density at radius 3 is 2.06 bits per heavy atom. The highest BCUT2D eigenvalue weighted by atomic mass is 16.5. The summed E-state index contributed by atoms with van der Waals surface area (Å²) in [4.78, 5) is 18.4. The highest BCUT2D eigenvalue weighted by Gasteiger charge is 2.36. The topological polar surface area (TPSA) is 75.6 Å². The van der Waals surface area contributed by atoms with E-state index in [-0.39, 0.29) is 5.78 Å². The molecule has 0 amide bonds. The van der Waals surface area contributed by atoms with Gasteiger partial charge >= 0.3 is 0 Å². The van der Waals surface area contributed by atoms with Crippen LogP contribution in [0.15, 0.2) is 35.3 Å². The zero-order chi connectivity index (χ0) is 23.1.